The van der Waals surface area contributed by atoms with Gasteiger partial charge in [-0.2, -0.15) is 5.26 Å². The molecule has 0 amide bonds. The molecule has 3 aromatic rings. The molecule has 86 valence electrons. The van der Waals surface area contributed by atoms with Crippen molar-refractivity contribution < 1.29 is 0 Å². The summed E-state index contributed by atoms with van der Waals surface area (Å²) in [6.45, 7) is 0. The number of hydrogen-bond acceptors (Lipinski definition) is 4. The topological polar surface area (TPSA) is 78.2 Å². The molecule has 1 atom stereocenters. The maximum Gasteiger partial charge on any atom is 0.115 e. The maximum atomic E-state index is 9.32. The molecule has 5 heteroatoms. The van der Waals surface area contributed by atoms with Crippen LogP contribution in [0.3, 0.4) is 0 Å². The van der Waals surface area contributed by atoms with Crippen LogP contribution < -0.4 is 0 Å². The van der Waals surface area contributed by atoms with Gasteiger partial charge in [0.2, 0.25) is 0 Å². The number of nitriles is 1. The normalized spacial score (nSPS) is 12.2. The van der Waals surface area contributed by atoms with Crippen LogP contribution >= 0.6 is 0 Å². The van der Waals surface area contributed by atoms with E-state index in [1.54, 1.807) is 18.6 Å². The first kappa shape index (κ1) is 10.4. The van der Waals surface area contributed by atoms with E-state index in [9.17, 15) is 5.26 Å². The molecule has 0 radical (unpaired) electrons. The molecule has 2 heterocycles. The third-order valence-corrected chi connectivity index (χ3v) is 2.81. The van der Waals surface area contributed by atoms with Crippen LogP contribution in [0.15, 0.2) is 43.1 Å². The van der Waals surface area contributed by atoms with Crippen LogP contribution in [0.2, 0.25) is 0 Å². The third kappa shape index (κ3) is 1.70. The number of aromatic amines is 1. The lowest BCUT2D eigenvalue weighted by Gasteiger charge is -2.08. The SMILES string of the molecule is N#CC(c1ccc2nc[nH]c2c1)c1ccncn1. The Morgan fingerprint density at radius 3 is 2.94 bits per heavy atom. The molecule has 2 aromatic heterocycles. The van der Waals surface area contributed by atoms with Crippen molar-refractivity contribution in [2.75, 3.05) is 0 Å². The van der Waals surface area contributed by atoms with Crippen LogP contribution in [0.4, 0.5) is 0 Å². The molecule has 1 unspecified atom stereocenters. The number of benzene rings is 1. The molecule has 1 N–H and O–H groups in total. The van der Waals surface area contributed by atoms with Crippen LogP contribution in [0.1, 0.15) is 17.2 Å². The second kappa shape index (κ2) is 4.26. The maximum absolute atomic E-state index is 9.32. The Balaban J connectivity index is 2.09. The number of fused-ring (bicyclic) bond motifs is 1. The summed E-state index contributed by atoms with van der Waals surface area (Å²) in [5, 5.41) is 9.32. The Morgan fingerprint density at radius 1 is 1.22 bits per heavy atom. The Kier molecular flexibility index (Phi) is 2.47. The average molecular weight is 235 g/mol. The van der Waals surface area contributed by atoms with Crippen LogP contribution in [0.5, 0.6) is 0 Å². The molecule has 0 aliphatic heterocycles. The second-order valence-electron chi connectivity index (χ2n) is 3.88. The van der Waals surface area contributed by atoms with Gasteiger partial charge in [0.05, 0.1) is 29.1 Å². The van der Waals surface area contributed by atoms with Crippen molar-refractivity contribution in [3.63, 3.8) is 0 Å². The zero-order chi connectivity index (χ0) is 12.4. The van der Waals surface area contributed by atoms with E-state index in [4.69, 9.17) is 0 Å². The van der Waals surface area contributed by atoms with Crippen LogP contribution in [-0.4, -0.2) is 19.9 Å². The number of nitrogens with zero attached hydrogens (tertiary/aromatic N) is 4. The van der Waals surface area contributed by atoms with Crippen molar-refractivity contribution in [1.29, 1.82) is 5.26 Å². The molecule has 0 saturated carbocycles. The highest BCUT2D eigenvalue weighted by molar-refractivity contribution is 5.75. The van der Waals surface area contributed by atoms with E-state index in [-0.39, 0.29) is 5.92 Å². The van der Waals surface area contributed by atoms with Gasteiger partial charge in [-0.15, -0.1) is 0 Å². The summed E-state index contributed by atoms with van der Waals surface area (Å²) in [4.78, 5) is 15.2. The van der Waals surface area contributed by atoms with Crippen molar-refractivity contribution in [3.05, 3.63) is 54.4 Å². The predicted molar refractivity (Wildman–Crippen MR) is 65.6 cm³/mol. The van der Waals surface area contributed by atoms with Crippen molar-refractivity contribution in [3.8, 4) is 6.07 Å². The summed E-state index contributed by atoms with van der Waals surface area (Å²) in [7, 11) is 0. The minimum absolute atomic E-state index is 0.388. The minimum Gasteiger partial charge on any atom is -0.345 e. The first-order chi connectivity index (χ1) is 8.88. The van der Waals surface area contributed by atoms with Crippen LogP contribution in [0, 0.1) is 11.3 Å². The van der Waals surface area contributed by atoms with Gasteiger partial charge in [-0.05, 0) is 23.8 Å². The number of H-pyrrole nitrogens is 1. The Bertz CT molecular complexity index is 711. The molecule has 5 nitrogen and oxygen atoms in total. The summed E-state index contributed by atoms with van der Waals surface area (Å²) >= 11 is 0. The van der Waals surface area contributed by atoms with Crippen molar-refractivity contribution in [2.24, 2.45) is 0 Å². The quantitative estimate of drug-likeness (QED) is 0.736. The first-order valence-corrected chi connectivity index (χ1v) is 5.47. The van der Waals surface area contributed by atoms with Gasteiger partial charge in [-0.25, -0.2) is 15.0 Å². The lowest BCUT2D eigenvalue weighted by atomic mass is 9.96. The van der Waals surface area contributed by atoms with E-state index in [0.29, 0.717) is 5.69 Å². The monoisotopic (exact) mass is 235 g/mol. The van der Waals surface area contributed by atoms with Gasteiger partial charge in [-0.3, -0.25) is 0 Å². The van der Waals surface area contributed by atoms with E-state index in [0.717, 1.165) is 16.6 Å². The van der Waals surface area contributed by atoms with Crippen LogP contribution in [0.25, 0.3) is 11.0 Å². The Hall–Kier alpha value is -2.74. The van der Waals surface area contributed by atoms with E-state index in [1.165, 1.54) is 6.33 Å². The number of aromatic nitrogens is 4. The van der Waals surface area contributed by atoms with Gasteiger partial charge in [0.15, 0.2) is 0 Å². The number of imidazole rings is 1. The molecule has 1 aromatic carbocycles. The standard InChI is InChI=1S/C13H9N5/c14-6-10(11-3-4-15-7-16-11)9-1-2-12-13(5-9)18-8-17-12/h1-5,7-8,10H,(H,17,18). The highest BCUT2D eigenvalue weighted by Gasteiger charge is 2.15. The summed E-state index contributed by atoms with van der Waals surface area (Å²) in [5.74, 6) is -0.388. The molecule has 0 spiro atoms. The van der Waals surface area contributed by atoms with Gasteiger partial charge in [0.1, 0.15) is 12.2 Å². The van der Waals surface area contributed by atoms with E-state index in [1.807, 2.05) is 18.2 Å². The van der Waals surface area contributed by atoms with E-state index < -0.39 is 0 Å². The fourth-order valence-electron chi connectivity index (χ4n) is 1.92. The van der Waals surface area contributed by atoms with E-state index in [2.05, 4.69) is 26.0 Å². The Labute approximate surface area is 103 Å². The summed E-state index contributed by atoms with van der Waals surface area (Å²) in [6, 6.07) is 9.75. The van der Waals surface area contributed by atoms with Crippen LogP contribution in [-0.2, 0) is 0 Å². The molecular formula is C13H9N5. The van der Waals surface area contributed by atoms with Gasteiger partial charge in [-0.1, -0.05) is 6.07 Å². The predicted octanol–water partition coefficient (Wildman–Crippen LogP) is 2.01. The molecule has 0 saturated heterocycles. The minimum atomic E-state index is -0.388. The van der Waals surface area contributed by atoms with Gasteiger partial charge in [0.25, 0.3) is 0 Å². The average Bonchev–Trinajstić information content (AvgIpc) is 2.88. The van der Waals surface area contributed by atoms with Gasteiger partial charge in [0, 0.05) is 6.20 Å². The first-order valence-electron chi connectivity index (χ1n) is 5.47. The fourth-order valence-corrected chi connectivity index (χ4v) is 1.92. The fraction of sp³-hybridized carbons (Fsp3) is 0.0769. The molecule has 0 fully saturated rings. The summed E-state index contributed by atoms with van der Waals surface area (Å²) in [6.07, 6.45) is 4.73. The zero-order valence-electron chi connectivity index (χ0n) is 9.41. The number of rotatable bonds is 2. The highest BCUT2D eigenvalue weighted by atomic mass is 14.9. The third-order valence-electron chi connectivity index (χ3n) is 2.81. The van der Waals surface area contributed by atoms with E-state index >= 15 is 0 Å². The smallest absolute Gasteiger partial charge is 0.115 e. The zero-order valence-corrected chi connectivity index (χ0v) is 9.41. The molecule has 0 aliphatic carbocycles. The Morgan fingerprint density at radius 2 is 2.17 bits per heavy atom. The molecule has 0 aliphatic rings. The van der Waals surface area contributed by atoms with Gasteiger partial charge >= 0.3 is 0 Å². The molecule has 18 heavy (non-hydrogen) atoms. The molecule has 3 rings (SSSR count). The lowest BCUT2D eigenvalue weighted by Crippen LogP contribution is -2.01. The lowest BCUT2D eigenvalue weighted by molar-refractivity contribution is 0.945. The molecule has 0 bridgehead atoms. The van der Waals surface area contributed by atoms with Crippen molar-refractivity contribution in [2.45, 2.75) is 5.92 Å². The van der Waals surface area contributed by atoms with Crippen molar-refractivity contribution in [1.82, 2.24) is 19.9 Å². The highest BCUT2D eigenvalue weighted by Crippen LogP contribution is 2.24. The number of nitrogens with one attached hydrogen (secondary N) is 1. The largest absolute Gasteiger partial charge is 0.345 e. The summed E-state index contributed by atoms with van der Waals surface area (Å²) < 4.78 is 0. The molecular weight excluding hydrogens is 226 g/mol. The number of hydrogen-bond donors (Lipinski definition) is 1. The summed E-state index contributed by atoms with van der Waals surface area (Å²) in [5.41, 5.74) is 3.40. The van der Waals surface area contributed by atoms with Gasteiger partial charge < -0.3 is 4.98 Å². The van der Waals surface area contributed by atoms with Crippen molar-refractivity contribution >= 4 is 11.0 Å². The second-order valence-corrected chi connectivity index (χ2v) is 3.88.